The summed E-state index contributed by atoms with van der Waals surface area (Å²) in [6, 6.07) is 18.2. The van der Waals surface area contributed by atoms with E-state index in [1.54, 1.807) is 14.2 Å². The molecule has 0 aliphatic rings. The highest BCUT2D eigenvalue weighted by Gasteiger charge is 2.30. The maximum atomic E-state index is 12.6. The monoisotopic (exact) mass is 427 g/mol. The maximum absolute atomic E-state index is 12.6. The van der Waals surface area contributed by atoms with Gasteiger partial charge in [0.25, 0.3) is 0 Å². The van der Waals surface area contributed by atoms with E-state index in [-0.39, 0.29) is 11.3 Å². The molecule has 0 aliphatic heterocycles. The van der Waals surface area contributed by atoms with E-state index in [0.29, 0.717) is 13.0 Å². The van der Waals surface area contributed by atoms with Gasteiger partial charge in [0.1, 0.15) is 0 Å². The number of hydrogen-bond donors (Lipinski definition) is 1. The number of hydrogen-bond acceptors (Lipinski definition) is 3. The first-order valence-electron chi connectivity index (χ1n) is 10.7. The molecule has 0 radical (unpaired) electrons. The molecule has 1 amide bonds. The number of amides is 1. The zero-order valence-electron chi connectivity index (χ0n) is 19.4. The second kappa shape index (κ2) is 10.9. The van der Waals surface area contributed by atoms with Crippen LogP contribution in [0.2, 0.25) is 12.6 Å². The second-order valence-corrected chi connectivity index (χ2v) is 12.1. The van der Waals surface area contributed by atoms with Gasteiger partial charge in [0.2, 0.25) is 5.91 Å². The van der Waals surface area contributed by atoms with Crippen LogP contribution >= 0.6 is 0 Å². The fraction of sp³-hybridized carbons (Fsp3) is 0.480. The minimum atomic E-state index is -2.07. The molecule has 30 heavy (non-hydrogen) atoms. The van der Waals surface area contributed by atoms with Crippen LogP contribution in [0.15, 0.2) is 48.5 Å². The van der Waals surface area contributed by atoms with Gasteiger partial charge in [-0.3, -0.25) is 4.79 Å². The normalized spacial score (nSPS) is 12.1. The average Bonchev–Trinajstić information content (AvgIpc) is 2.76. The Balaban J connectivity index is 2.02. The SMILES string of the molecule is CO[Si](C)(CCCNC(=O)CCC(C)(c1ccc(C)cc1)c1ccc(C)cc1)OC. The Morgan fingerprint density at radius 2 is 1.40 bits per heavy atom. The minimum absolute atomic E-state index is 0.0960. The summed E-state index contributed by atoms with van der Waals surface area (Å²) in [7, 11) is 1.33. The molecule has 2 rings (SSSR count). The molecule has 0 fully saturated rings. The van der Waals surface area contributed by atoms with E-state index in [1.165, 1.54) is 22.3 Å². The third kappa shape index (κ3) is 6.52. The van der Waals surface area contributed by atoms with Crippen LogP contribution in [0.25, 0.3) is 0 Å². The quantitative estimate of drug-likeness (QED) is 0.393. The topological polar surface area (TPSA) is 47.6 Å². The molecule has 0 spiro atoms. The van der Waals surface area contributed by atoms with E-state index in [9.17, 15) is 4.79 Å². The van der Waals surface area contributed by atoms with Crippen LogP contribution in [-0.4, -0.2) is 35.2 Å². The summed E-state index contributed by atoms with van der Waals surface area (Å²) in [5.41, 5.74) is 4.75. The molecular weight excluding hydrogens is 390 g/mol. The molecule has 0 saturated heterocycles. The van der Waals surface area contributed by atoms with Crippen LogP contribution in [0, 0.1) is 13.8 Å². The average molecular weight is 428 g/mol. The van der Waals surface area contributed by atoms with E-state index in [1.807, 2.05) is 6.55 Å². The van der Waals surface area contributed by atoms with E-state index < -0.39 is 8.56 Å². The van der Waals surface area contributed by atoms with Crippen molar-refractivity contribution in [2.24, 2.45) is 0 Å². The largest absolute Gasteiger partial charge is 0.398 e. The summed E-state index contributed by atoms with van der Waals surface area (Å²) in [6.45, 7) is 9.13. The van der Waals surface area contributed by atoms with Gasteiger partial charge in [0.05, 0.1) is 0 Å². The lowest BCUT2D eigenvalue weighted by Gasteiger charge is -2.31. The predicted molar refractivity (Wildman–Crippen MR) is 126 cm³/mol. The van der Waals surface area contributed by atoms with Crippen molar-refractivity contribution >= 4 is 14.5 Å². The van der Waals surface area contributed by atoms with Crippen molar-refractivity contribution in [1.82, 2.24) is 5.32 Å². The van der Waals surface area contributed by atoms with Crippen molar-refractivity contribution in [3.05, 3.63) is 70.8 Å². The smallest absolute Gasteiger partial charge is 0.334 e. The Bertz CT molecular complexity index is 753. The lowest BCUT2D eigenvalue weighted by Crippen LogP contribution is -2.37. The van der Waals surface area contributed by atoms with Gasteiger partial charge in [-0.15, -0.1) is 0 Å². The maximum Gasteiger partial charge on any atom is 0.334 e. The Labute approximate surface area is 183 Å². The number of rotatable bonds is 11. The Morgan fingerprint density at radius 1 is 0.933 bits per heavy atom. The van der Waals surface area contributed by atoms with Crippen molar-refractivity contribution in [2.45, 2.75) is 58.0 Å². The van der Waals surface area contributed by atoms with Crippen LogP contribution < -0.4 is 5.32 Å². The van der Waals surface area contributed by atoms with Gasteiger partial charge in [0.15, 0.2) is 0 Å². The number of benzene rings is 2. The van der Waals surface area contributed by atoms with E-state index >= 15 is 0 Å². The molecule has 2 aromatic carbocycles. The molecule has 4 nitrogen and oxygen atoms in total. The first-order chi connectivity index (χ1) is 14.2. The van der Waals surface area contributed by atoms with Crippen molar-refractivity contribution in [2.75, 3.05) is 20.8 Å². The van der Waals surface area contributed by atoms with Gasteiger partial charge in [-0.2, -0.15) is 0 Å². The first-order valence-corrected chi connectivity index (χ1v) is 13.3. The van der Waals surface area contributed by atoms with Gasteiger partial charge in [0, 0.05) is 32.6 Å². The molecular formula is C25H37NO3Si. The number of aryl methyl sites for hydroxylation is 2. The van der Waals surface area contributed by atoms with Crippen LogP contribution in [0.4, 0.5) is 0 Å². The van der Waals surface area contributed by atoms with E-state index in [0.717, 1.165) is 18.9 Å². The molecule has 0 saturated carbocycles. The molecule has 0 unspecified atom stereocenters. The Morgan fingerprint density at radius 3 is 1.83 bits per heavy atom. The van der Waals surface area contributed by atoms with Gasteiger partial charge in [-0.05, 0) is 50.4 Å². The van der Waals surface area contributed by atoms with Crippen molar-refractivity contribution in [3.63, 3.8) is 0 Å². The fourth-order valence-electron chi connectivity index (χ4n) is 3.67. The molecule has 1 N–H and O–H groups in total. The summed E-state index contributed by atoms with van der Waals surface area (Å²) in [4.78, 5) is 12.6. The molecule has 0 aromatic heterocycles. The second-order valence-electron chi connectivity index (χ2n) is 8.56. The van der Waals surface area contributed by atoms with E-state index in [4.69, 9.17) is 8.85 Å². The van der Waals surface area contributed by atoms with E-state index in [2.05, 4.69) is 74.6 Å². The third-order valence-corrected chi connectivity index (χ3v) is 9.21. The highest BCUT2D eigenvalue weighted by Crippen LogP contribution is 2.36. The number of nitrogens with one attached hydrogen (secondary N) is 1. The van der Waals surface area contributed by atoms with Crippen LogP contribution in [0.1, 0.15) is 48.4 Å². The summed E-state index contributed by atoms with van der Waals surface area (Å²) >= 11 is 0. The molecule has 164 valence electrons. The van der Waals surface area contributed by atoms with Gasteiger partial charge >= 0.3 is 8.56 Å². The minimum Gasteiger partial charge on any atom is -0.398 e. The molecule has 2 aromatic rings. The van der Waals surface area contributed by atoms with Crippen LogP contribution in [-0.2, 0) is 19.1 Å². The summed E-state index contributed by atoms with van der Waals surface area (Å²) in [5.74, 6) is 0.0960. The molecule has 0 atom stereocenters. The standard InChI is InChI=1S/C25H37NO3Si/c1-20-8-12-22(13-9-20)25(3,23-14-10-21(2)11-15-23)17-16-24(27)26-18-7-19-30(6,28-4)29-5/h8-15H,7,16-19H2,1-6H3,(H,26,27). The number of carbonyl (C=O) groups is 1. The highest BCUT2D eigenvalue weighted by molar-refractivity contribution is 6.65. The lowest BCUT2D eigenvalue weighted by atomic mass is 9.72. The zero-order chi connectivity index (χ0) is 22.2. The highest BCUT2D eigenvalue weighted by atomic mass is 28.4. The Hall–Kier alpha value is -1.95. The van der Waals surface area contributed by atoms with Crippen LogP contribution in [0.3, 0.4) is 0 Å². The summed E-state index contributed by atoms with van der Waals surface area (Å²) < 4.78 is 11.0. The molecule has 0 heterocycles. The van der Waals surface area contributed by atoms with Gasteiger partial charge < -0.3 is 14.2 Å². The molecule has 5 heteroatoms. The van der Waals surface area contributed by atoms with Gasteiger partial charge in [-0.1, -0.05) is 66.6 Å². The zero-order valence-corrected chi connectivity index (χ0v) is 20.4. The van der Waals surface area contributed by atoms with Crippen molar-refractivity contribution < 1.29 is 13.6 Å². The molecule has 0 bridgehead atoms. The fourth-order valence-corrected chi connectivity index (χ4v) is 5.07. The third-order valence-electron chi connectivity index (χ3n) is 6.22. The van der Waals surface area contributed by atoms with Crippen molar-refractivity contribution in [1.29, 1.82) is 0 Å². The predicted octanol–water partition coefficient (Wildman–Crippen LogP) is 5.26. The van der Waals surface area contributed by atoms with Crippen molar-refractivity contribution in [3.8, 4) is 0 Å². The Kier molecular flexibility index (Phi) is 8.83. The number of carbonyl (C=O) groups excluding carboxylic acids is 1. The summed E-state index contributed by atoms with van der Waals surface area (Å²) in [6.07, 6.45) is 2.11. The lowest BCUT2D eigenvalue weighted by molar-refractivity contribution is -0.121. The molecule has 0 aliphatic carbocycles. The van der Waals surface area contributed by atoms with Gasteiger partial charge in [-0.25, -0.2) is 0 Å². The van der Waals surface area contributed by atoms with Crippen LogP contribution in [0.5, 0.6) is 0 Å². The first kappa shape index (κ1) is 24.3. The summed E-state index contributed by atoms with van der Waals surface area (Å²) in [5, 5.41) is 3.07.